The van der Waals surface area contributed by atoms with Gasteiger partial charge in [0.1, 0.15) is 12.4 Å². The van der Waals surface area contributed by atoms with Gasteiger partial charge in [-0.3, -0.25) is 0 Å². The minimum absolute atomic E-state index is 0.463. The molecular weight excluding hydrogens is 262 g/mol. The van der Waals surface area contributed by atoms with Crippen LogP contribution in [0.15, 0.2) is 47.7 Å². The highest BCUT2D eigenvalue weighted by Crippen LogP contribution is 2.16. The SMILES string of the molecule is CCNC(=NCc1ncc(-c2ccccc2)cn1)NCC. The lowest BCUT2D eigenvalue weighted by molar-refractivity contribution is 0.822. The molecule has 0 amide bonds. The third-order valence-electron chi connectivity index (χ3n) is 2.88. The first-order chi connectivity index (χ1) is 10.3. The summed E-state index contributed by atoms with van der Waals surface area (Å²) < 4.78 is 0. The van der Waals surface area contributed by atoms with Gasteiger partial charge in [0.2, 0.25) is 0 Å². The molecule has 1 heterocycles. The number of hydrogen-bond donors (Lipinski definition) is 2. The smallest absolute Gasteiger partial charge is 0.191 e. The van der Waals surface area contributed by atoms with Crippen molar-refractivity contribution in [1.82, 2.24) is 20.6 Å². The Morgan fingerprint density at radius 1 is 0.952 bits per heavy atom. The number of nitrogens with one attached hydrogen (secondary N) is 2. The highest BCUT2D eigenvalue weighted by molar-refractivity contribution is 5.79. The first kappa shape index (κ1) is 15.0. The van der Waals surface area contributed by atoms with Crippen molar-refractivity contribution in [2.75, 3.05) is 13.1 Å². The van der Waals surface area contributed by atoms with Crippen molar-refractivity contribution >= 4 is 5.96 Å². The maximum Gasteiger partial charge on any atom is 0.191 e. The Bertz CT molecular complexity index is 555. The summed E-state index contributed by atoms with van der Waals surface area (Å²) in [5, 5.41) is 6.35. The maximum absolute atomic E-state index is 4.45. The van der Waals surface area contributed by atoms with Gasteiger partial charge in [0.05, 0.1) is 0 Å². The zero-order valence-corrected chi connectivity index (χ0v) is 12.5. The molecule has 2 rings (SSSR count). The molecule has 110 valence electrons. The van der Waals surface area contributed by atoms with Crippen LogP contribution in [0.5, 0.6) is 0 Å². The van der Waals surface area contributed by atoms with Crippen molar-refractivity contribution in [1.29, 1.82) is 0 Å². The summed E-state index contributed by atoms with van der Waals surface area (Å²) in [5.41, 5.74) is 2.13. The fourth-order valence-corrected chi connectivity index (χ4v) is 1.88. The second-order valence-electron chi connectivity index (χ2n) is 4.48. The molecule has 5 heteroatoms. The minimum atomic E-state index is 0.463. The van der Waals surface area contributed by atoms with Crippen molar-refractivity contribution in [2.45, 2.75) is 20.4 Å². The Morgan fingerprint density at radius 3 is 2.14 bits per heavy atom. The molecular formula is C16H21N5. The number of nitrogens with zero attached hydrogens (tertiary/aromatic N) is 3. The van der Waals surface area contributed by atoms with Crippen molar-refractivity contribution in [3.05, 3.63) is 48.5 Å². The molecule has 0 aliphatic heterocycles. The summed E-state index contributed by atoms with van der Waals surface area (Å²) in [7, 11) is 0. The van der Waals surface area contributed by atoms with Gasteiger partial charge in [-0.25, -0.2) is 15.0 Å². The van der Waals surface area contributed by atoms with Gasteiger partial charge in [-0.15, -0.1) is 0 Å². The van der Waals surface area contributed by atoms with E-state index < -0.39 is 0 Å². The Kier molecular flexibility index (Phi) is 5.70. The lowest BCUT2D eigenvalue weighted by atomic mass is 10.1. The predicted molar refractivity (Wildman–Crippen MR) is 86.0 cm³/mol. The summed E-state index contributed by atoms with van der Waals surface area (Å²) in [4.78, 5) is 13.2. The van der Waals surface area contributed by atoms with Crippen molar-refractivity contribution in [3.8, 4) is 11.1 Å². The largest absolute Gasteiger partial charge is 0.357 e. The summed E-state index contributed by atoms with van der Waals surface area (Å²) in [5.74, 6) is 1.50. The number of benzene rings is 1. The van der Waals surface area contributed by atoms with Gasteiger partial charge in [0.25, 0.3) is 0 Å². The zero-order valence-electron chi connectivity index (χ0n) is 12.5. The highest BCUT2D eigenvalue weighted by atomic mass is 15.2. The van der Waals surface area contributed by atoms with Crippen LogP contribution in [0, 0.1) is 0 Å². The minimum Gasteiger partial charge on any atom is -0.357 e. The second-order valence-corrected chi connectivity index (χ2v) is 4.48. The van der Waals surface area contributed by atoms with E-state index in [0.29, 0.717) is 12.4 Å². The molecule has 2 N–H and O–H groups in total. The number of rotatable bonds is 5. The van der Waals surface area contributed by atoms with Crippen molar-refractivity contribution < 1.29 is 0 Å². The summed E-state index contributed by atoms with van der Waals surface area (Å²) in [6.45, 7) is 6.21. The average molecular weight is 283 g/mol. The van der Waals surface area contributed by atoms with Crippen molar-refractivity contribution in [3.63, 3.8) is 0 Å². The van der Waals surface area contributed by atoms with Crippen LogP contribution in [0.1, 0.15) is 19.7 Å². The van der Waals surface area contributed by atoms with Gasteiger partial charge >= 0.3 is 0 Å². The van der Waals surface area contributed by atoms with Gasteiger partial charge in [-0.2, -0.15) is 0 Å². The van der Waals surface area contributed by atoms with E-state index >= 15 is 0 Å². The number of aromatic nitrogens is 2. The second kappa shape index (κ2) is 7.99. The van der Waals surface area contributed by atoms with Gasteiger partial charge in [-0.05, 0) is 19.4 Å². The third kappa shape index (κ3) is 4.56. The Morgan fingerprint density at radius 2 is 1.57 bits per heavy atom. The Hall–Kier alpha value is -2.43. The molecule has 0 atom stereocenters. The number of aliphatic imine (C=N–C) groups is 1. The van der Waals surface area contributed by atoms with Crippen LogP contribution in [-0.2, 0) is 6.54 Å². The number of hydrogen-bond acceptors (Lipinski definition) is 3. The first-order valence-corrected chi connectivity index (χ1v) is 7.22. The summed E-state index contributed by atoms with van der Waals surface area (Å²) in [6.07, 6.45) is 3.68. The van der Waals surface area contributed by atoms with E-state index in [0.717, 1.165) is 30.2 Å². The molecule has 2 aromatic rings. The Labute approximate surface area is 125 Å². The topological polar surface area (TPSA) is 62.2 Å². The average Bonchev–Trinajstić information content (AvgIpc) is 2.54. The van der Waals surface area contributed by atoms with Crippen LogP contribution < -0.4 is 10.6 Å². The van der Waals surface area contributed by atoms with Crippen molar-refractivity contribution in [2.24, 2.45) is 4.99 Å². The van der Waals surface area contributed by atoms with Gasteiger partial charge in [-0.1, -0.05) is 30.3 Å². The molecule has 0 aliphatic carbocycles. The molecule has 0 aliphatic rings. The monoisotopic (exact) mass is 283 g/mol. The van der Waals surface area contributed by atoms with Gasteiger partial charge < -0.3 is 10.6 Å². The fourth-order valence-electron chi connectivity index (χ4n) is 1.88. The predicted octanol–water partition coefficient (Wildman–Crippen LogP) is 2.22. The first-order valence-electron chi connectivity index (χ1n) is 7.22. The highest BCUT2D eigenvalue weighted by Gasteiger charge is 2.00. The van der Waals surface area contributed by atoms with Crippen LogP contribution in [-0.4, -0.2) is 29.0 Å². The molecule has 1 aromatic carbocycles. The quantitative estimate of drug-likeness (QED) is 0.652. The standard InChI is InChI=1S/C16H21N5/c1-3-17-16(18-4-2)21-12-15-19-10-14(11-20-15)13-8-6-5-7-9-13/h5-11H,3-4,12H2,1-2H3,(H2,17,18,21). The lowest BCUT2D eigenvalue weighted by Crippen LogP contribution is -2.37. The van der Waals surface area contributed by atoms with Crippen LogP contribution in [0.2, 0.25) is 0 Å². The molecule has 0 spiro atoms. The molecule has 0 saturated heterocycles. The Balaban J connectivity index is 2.04. The maximum atomic E-state index is 4.45. The van der Waals surface area contributed by atoms with Gasteiger partial charge in [0, 0.05) is 31.0 Å². The van der Waals surface area contributed by atoms with Crippen LogP contribution in [0.3, 0.4) is 0 Å². The molecule has 5 nitrogen and oxygen atoms in total. The molecule has 0 saturated carbocycles. The van der Waals surface area contributed by atoms with Crippen LogP contribution >= 0.6 is 0 Å². The van der Waals surface area contributed by atoms with E-state index in [9.17, 15) is 0 Å². The van der Waals surface area contributed by atoms with Crippen LogP contribution in [0.4, 0.5) is 0 Å². The molecule has 21 heavy (non-hydrogen) atoms. The van der Waals surface area contributed by atoms with E-state index in [-0.39, 0.29) is 0 Å². The normalized spacial score (nSPS) is 10.0. The third-order valence-corrected chi connectivity index (χ3v) is 2.88. The summed E-state index contributed by atoms with van der Waals surface area (Å²) >= 11 is 0. The van der Waals surface area contributed by atoms with E-state index in [2.05, 4.69) is 25.6 Å². The molecule has 0 radical (unpaired) electrons. The van der Waals surface area contributed by atoms with E-state index in [1.807, 2.05) is 56.6 Å². The fraction of sp³-hybridized carbons (Fsp3) is 0.312. The van der Waals surface area contributed by atoms with Gasteiger partial charge in [0.15, 0.2) is 5.96 Å². The van der Waals surface area contributed by atoms with Crippen LogP contribution in [0.25, 0.3) is 11.1 Å². The molecule has 0 unspecified atom stereocenters. The van der Waals surface area contributed by atoms with E-state index in [4.69, 9.17) is 0 Å². The van der Waals surface area contributed by atoms with E-state index in [1.165, 1.54) is 0 Å². The lowest BCUT2D eigenvalue weighted by Gasteiger charge is -2.08. The summed E-state index contributed by atoms with van der Waals surface area (Å²) in [6, 6.07) is 10.1. The zero-order chi connectivity index (χ0) is 14.9. The number of guanidine groups is 1. The molecule has 1 aromatic heterocycles. The molecule has 0 bridgehead atoms. The molecule has 0 fully saturated rings. The van der Waals surface area contributed by atoms with E-state index in [1.54, 1.807) is 0 Å².